The van der Waals surface area contributed by atoms with Crippen molar-refractivity contribution in [3.8, 4) is 0 Å². The van der Waals surface area contributed by atoms with Crippen molar-refractivity contribution in [2.24, 2.45) is 0 Å². The summed E-state index contributed by atoms with van der Waals surface area (Å²) in [5.74, 6) is 0. The number of hydrogen-bond acceptors (Lipinski definition) is 4. The van der Waals surface area contributed by atoms with Crippen molar-refractivity contribution in [3.63, 3.8) is 0 Å². The average molecular weight is 199 g/mol. The van der Waals surface area contributed by atoms with E-state index in [1.807, 2.05) is 0 Å². The van der Waals surface area contributed by atoms with E-state index in [2.05, 4.69) is 5.10 Å². The van der Waals surface area contributed by atoms with Crippen LogP contribution in [-0.2, 0) is 0 Å². The lowest BCUT2D eigenvalue weighted by Gasteiger charge is -2.20. The molecular formula is C8H13N3OS. The molecule has 0 saturated heterocycles. The van der Waals surface area contributed by atoms with Gasteiger partial charge in [-0.05, 0) is 24.2 Å². The van der Waals surface area contributed by atoms with Gasteiger partial charge in [0.2, 0.25) is 5.13 Å². The average Bonchev–Trinajstić information content (AvgIpc) is 2.47. The first-order chi connectivity index (χ1) is 6.27. The van der Waals surface area contributed by atoms with E-state index in [0.717, 1.165) is 24.2 Å². The van der Waals surface area contributed by atoms with Gasteiger partial charge in [-0.2, -0.15) is 0 Å². The summed E-state index contributed by atoms with van der Waals surface area (Å²) in [6, 6.07) is 0.301. The molecule has 72 valence electrons. The summed E-state index contributed by atoms with van der Waals surface area (Å²) in [4.78, 5) is 11.4. The van der Waals surface area contributed by atoms with Crippen LogP contribution in [-0.4, -0.2) is 9.78 Å². The molecule has 2 rings (SSSR count). The van der Waals surface area contributed by atoms with E-state index in [1.165, 1.54) is 19.3 Å². The Morgan fingerprint density at radius 2 is 2.08 bits per heavy atom. The second-order valence-corrected chi connectivity index (χ2v) is 4.41. The van der Waals surface area contributed by atoms with Crippen LogP contribution in [0, 0.1) is 0 Å². The zero-order valence-corrected chi connectivity index (χ0v) is 8.22. The van der Waals surface area contributed by atoms with Crippen LogP contribution in [0.25, 0.3) is 0 Å². The predicted molar refractivity (Wildman–Crippen MR) is 52.9 cm³/mol. The molecule has 1 aromatic rings. The topological polar surface area (TPSA) is 60.9 Å². The second kappa shape index (κ2) is 3.49. The molecule has 4 nitrogen and oxygen atoms in total. The molecule has 0 spiro atoms. The van der Waals surface area contributed by atoms with E-state index in [-0.39, 0.29) is 4.87 Å². The van der Waals surface area contributed by atoms with Gasteiger partial charge in [0, 0.05) is 0 Å². The van der Waals surface area contributed by atoms with Crippen LogP contribution in [0.4, 0.5) is 5.13 Å². The Morgan fingerprint density at radius 3 is 2.62 bits per heavy atom. The Morgan fingerprint density at radius 1 is 1.38 bits per heavy atom. The zero-order chi connectivity index (χ0) is 9.26. The number of hydrogen-bond donors (Lipinski definition) is 1. The van der Waals surface area contributed by atoms with Gasteiger partial charge in [0.05, 0.1) is 6.04 Å². The maximum Gasteiger partial charge on any atom is 0.327 e. The molecule has 1 fully saturated rings. The second-order valence-electron chi connectivity index (χ2n) is 3.44. The Labute approximate surface area is 80.4 Å². The van der Waals surface area contributed by atoms with Crippen LogP contribution >= 0.6 is 11.3 Å². The van der Waals surface area contributed by atoms with E-state index < -0.39 is 0 Å². The summed E-state index contributed by atoms with van der Waals surface area (Å²) in [5, 5.41) is 4.42. The molecule has 0 amide bonds. The quantitative estimate of drug-likeness (QED) is 0.743. The van der Waals surface area contributed by atoms with Crippen LogP contribution in [0.15, 0.2) is 4.79 Å². The minimum atomic E-state index is -0.00981. The van der Waals surface area contributed by atoms with E-state index in [0.29, 0.717) is 11.2 Å². The molecule has 0 bridgehead atoms. The number of rotatable bonds is 1. The standard InChI is InChI=1S/C8H13N3OS/c9-7-10-11(8(12)13-7)6-4-2-1-3-5-6/h6H,1-5H2,(H2,9,10). The lowest BCUT2D eigenvalue weighted by atomic mass is 9.96. The predicted octanol–water partition coefficient (Wildman–Crippen LogP) is 1.39. The molecular weight excluding hydrogens is 186 g/mol. The van der Waals surface area contributed by atoms with Crippen LogP contribution < -0.4 is 10.6 Å². The minimum Gasteiger partial charge on any atom is -0.374 e. The Bertz CT molecular complexity index is 337. The number of nitrogens with two attached hydrogens (primary N) is 1. The van der Waals surface area contributed by atoms with Gasteiger partial charge in [0.15, 0.2) is 0 Å². The Hall–Kier alpha value is -0.840. The smallest absolute Gasteiger partial charge is 0.327 e. The Kier molecular flexibility index (Phi) is 2.35. The molecule has 0 atom stereocenters. The highest BCUT2D eigenvalue weighted by molar-refractivity contribution is 7.12. The zero-order valence-electron chi connectivity index (χ0n) is 7.40. The molecule has 1 aromatic heterocycles. The van der Waals surface area contributed by atoms with Crippen LogP contribution in [0.2, 0.25) is 0 Å². The summed E-state index contributed by atoms with van der Waals surface area (Å²) >= 11 is 1.04. The number of aromatic nitrogens is 2. The van der Waals surface area contributed by atoms with Crippen LogP contribution in [0.5, 0.6) is 0 Å². The van der Waals surface area contributed by atoms with E-state index in [9.17, 15) is 4.79 Å². The maximum atomic E-state index is 11.4. The van der Waals surface area contributed by atoms with Gasteiger partial charge in [0.25, 0.3) is 0 Å². The van der Waals surface area contributed by atoms with Crippen LogP contribution in [0.1, 0.15) is 38.1 Å². The molecule has 0 unspecified atom stereocenters. The molecule has 13 heavy (non-hydrogen) atoms. The Balaban J connectivity index is 2.23. The lowest BCUT2D eigenvalue weighted by molar-refractivity contribution is 0.325. The van der Waals surface area contributed by atoms with Gasteiger partial charge < -0.3 is 5.73 Å². The third-order valence-corrected chi connectivity index (χ3v) is 3.16. The van der Waals surface area contributed by atoms with Crippen molar-refractivity contribution in [1.82, 2.24) is 9.78 Å². The third-order valence-electron chi connectivity index (χ3n) is 2.51. The number of nitrogen functional groups attached to an aromatic ring is 1. The molecule has 0 aromatic carbocycles. The van der Waals surface area contributed by atoms with Crippen molar-refractivity contribution in [2.75, 3.05) is 5.73 Å². The van der Waals surface area contributed by atoms with Crippen molar-refractivity contribution in [2.45, 2.75) is 38.1 Å². The van der Waals surface area contributed by atoms with Crippen molar-refractivity contribution >= 4 is 16.5 Å². The van der Waals surface area contributed by atoms with E-state index in [1.54, 1.807) is 4.68 Å². The molecule has 0 aliphatic heterocycles. The van der Waals surface area contributed by atoms with E-state index >= 15 is 0 Å². The van der Waals surface area contributed by atoms with Gasteiger partial charge in [-0.25, -0.2) is 4.68 Å². The number of anilines is 1. The SMILES string of the molecule is Nc1nn(C2CCCCC2)c(=O)s1. The van der Waals surface area contributed by atoms with Crippen molar-refractivity contribution < 1.29 is 0 Å². The lowest BCUT2D eigenvalue weighted by Crippen LogP contribution is -2.23. The van der Waals surface area contributed by atoms with Gasteiger partial charge in [-0.1, -0.05) is 19.3 Å². The molecule has 2 N–H and O–H groups in total. The largest absolute Gasteiger partial charge is 0.374 e. The summed E-state index contributed by atoms with van der Waals surface area (Å²) in [6.07, 6.45) is 5.83. The highest BCUT2D eigenvalue weighted by Crippen LogP contribution is 2.26. The fraction of sp³-hybridized carbons (Fsp3) is 0.750. The molecule has 1 aliphatic rings. The maximum absolute atomic E-state index is 11.4. The third kappa shape index (κ3) is 1.75. The van der Waals surface area contributed by atoms with E-state index in [4.69, 9.17) is 5.73 Å². The summed E-state index contributed by atoms with van der Waals surface area (Å²) in [6.45, 7) is 0. The molecule has 1 saturated carbocycles. The summed E-state index contributed by atoms with van der Waals surface area (Å²) < 4.78 is 1.57. The first kappa shape index (κ1) is 8.74. The van der Waals surface area contributed by atoms with Gasteiger partial charge in [-0.3, -0.25) is 4.79 Å². The normalized spacial score (nSPS) is 19.1. The van der Waals surface area contributed by atoms with Crippen LogP contribution in [0.3, 0.4) is 0 Å². The molecule has 0 radical (unpaired) electrons. The summed E-state index contributed by atoms with van der Waals surface area (Å²) in [7, 11) is 0. The minimum absolute atomic E-state index is 0.00981. The van der Waals surface area contributed by atoms with Gasteiger partial charge in [0.1, 0.15) is 0 Å². The first-order valence-corrected chi connectivity index (χ1v) is 5.44. The molecule has 5 heteroatoms. The summed E-state index contributed by atoms with van der Waals surface area (Å²) in [5.41, 5.74) is 5.47. The van der Waals surface area contributed by atoms with Gasteiger partial charge in [-0.15, -0.1) is 5.10 Å². The molecule has 1 heterocycles. The van der Waals surface area contributed by atoms with Crippen molar-refractivity contribution in [1.29, 1.82) is 0 Å². The highest BCUT2D eigenvalue weighted by Gasteiger charge is 2.18. The van der Waals surface area contributed by atoms with Crippen molar-refractivity contribution in [3.05, 3.63) is 9.67 Å². The fourth-order valence-electron chi connectivity index (χ4n) is 1.86. The number of nitrogens with zero attached hydrogens (tertiary/aromatic N) is 2. The van der Waals surface area contributed by atoms with Gasteiger partial charge >= 0.3 is 4.87 Å². The monoisotopic (exact) mass is 199 g/mol. The fourth-order valence-corrected chi connectivity index (χ4v) is 2.45. The highest BCUT2D eigenvalue weighted by atomic mass is 32.1. The molecule has 1 aliphatic carbocycles. The first-order valence-electron chi connectivity index (χ1n) is 4.62.